The molecule has 1 aliphatic rings. The van der Waals surface area contributed by atoms with Crippen molar-refractivity contribution < 1.29 is 40.7 Å². The number of alkyl halides is 3. The van der Waals surface area contributed by atoms with E-state index < -0.39 is 41.2 Å². The van der Waals surface area contributed by atoms with Gasteiger partial charge >= 0.3 is 12.1 Å². The minimum absolute atomic E-state index is 0.0345. The van der Waals surface area contributed by atoms with Gasteiger partial charge in [0, 0.05) is 12.6 Å². The Kier molecular flexibility index (Phi) is 7.70. The highest BCUT2D eigenvalue weighted by atomic mass is 32.2. The standard InChI is InChI=1S/C18H23F3N2O6S/c1-12-5-3-4-8-23(12)30(26,27)15-9-13(6-7-14(15)28-2)17(25)29-10-16(24)22-11-18(19,20)21/h6-7,9,12H,3-5,8,10-11H2,1-2H3,(H,22,24)/t12-/m1/s1. The van der Waals surface area contributed by atoms with Crippen LogP contribution in [-0.2, 0) is 19.6 Å². The third kappa shape index (κ3) is 6.08. The molecule has 30 heavy (non-hydrogen) atoms. The van der Waals surface area contributed by atoms with Crippen LogP contribution in [0.5, 0.6) is 5.75 Å². The average molecular weight is 452 g/mol. The minimum atomic E-state index is -4.59. The number of esters is 1. The number of hydrogen-bond acceptors (Lipinski definition) is 6. The molecule has 0 aromatic heterocycles. The van der Waals surface area contributed by atoms with Crippen molar-refractivity contribution in [3.63, 3.8) is 0 Å². The predicted molar refractivity (Wildman–Crippen MR) is 99.5 cm³/mol. The molecule has 1 aliphatic heterocycles. The molecule has 1 saturated heterocycles. The summed E-state index contributed by atoms with van der Waals surface area (Å²) in [6, 6.07) is 3.38. The molecule has 1 atom stereocenters. The van der Waals surface area contributed by atoms with E-state index in [1.165, 1.54) is 23.5 Å². The minimum Gasteiger partial charge on any atom is -0.495 e. The SMILES string of the molecule is COc1ccc(C(=O)OCC(=O)NCC(F)(F)F)cc1S(=O)(=O)N1CCCC[C@H]1C. The van der Waals surface area contributed by atoms with E-state index in [9.17, 15) is 31.2 Å². The van der Waals surface area contributed by atoms with E-state index in [0.29, 0.717) is 19.4 Å². The van der Waals surface area contributed by atoms with Crippen LogP contribution < -0.4 is 10.1 Å². The summed E-state index contributed by atoms with van der Waals surface area (Å²) in [5.74, 6) is -2.15. The number of halogens is 3. The zero-order chi connectivity index (χ0) is 22.5. The number of nitrogens with zero attached hydrogens (tertiary/aromatic N) is 1. The Bertz CT molecular complexity index is 888. The van der Waals surface area contributed by atoms with Crippen LogP contribution in [0.1, 0.15) is 36.5 Å². The summed E-state index contributed by atoms with van der Waals surface area (Å²) in [4.78, 5) is 23.4. The first-order valence-electron chi connectivity index (χ1n) is 9.16. The first-order valence-corrected chi connectivity index (χ1v) is 10.6. The lowest BCUT2D eigenvalue weighted by molar-refractivity contribution is -0.140. The third-order valence-electron chi connectivity index (χ3n) is 4.55. The number of carbonyl (C=O) groups is 2. The maximum absolute atomic E-state index is 13.1. The number of hydrogen-bond donors (Lipinski definition) is 1. The molecule has 0 radical (unpaired) electrons. The Hall–Kier alpha value is -2.34. The van der Waals surface area contributed by atoms with E-state index in [0.717, 1.165) is 12.5 Å². The molecule has 1 aromatic rings. The molecule has 0 aliphatic carbocycles. The second kappa shape index (κ2) is 9.65. The van der Waals surface area contributed by atoms with Crippen molar-refractivity contribution in [3.8, 4) is 5.75 Å². The van der Waals surface area contributed by atoms with Gasteiger partial charge in [-0.3, -0.25) is 4.79 Å². The summed E-state index contributed by atoms with van der Waals surface area (Å²) in [6.45, 7) is -0.365. The Morgan fingerprint density at radius 3 is 2.57 bits per heavy atom. The molecule has 1 N–H and O–H groups in total. The van der Waals surface area contributed by atoms with Crippen molar-refractivity contribution in [2.75, 3.05) is 26.8 Å². The second-order valence-electron chi connectivity index (χ2n) is 6.79. The van der Waals surface area contributed by atoms with Crippen LogP contribution >= 0.6 is 0 Å². The van der Waals surface area contributed by atoms with Gasteiger partial charge in [0.25, 0.3) is 5.91 Å². The first-order chi connectivity index (χ1) is 14.0. The second-order valence-corrected chi connectivity index (χ2v) is 8.65. The van der Waals surface area contributed by atoms with Crippen LogP contribution in [0, 0.1) is 0 Å². The zero-order valence-corrected chi connectivity index (χ0v) is 17.3. The van der Waals surface area contributed by atoms with Crippen molar-refractivity contribution in [1.29, 1.82) is 0 Å². The van der Waals surface area contributed by atoms with E-state index in [-0.39, 0.29) is 22.3 Å². The first kappa shape index (κ1) is 23.9. The summed E-state index contributed by atoms with van der Waals surface area (Å²) in [5, 5.41) is 1.57. The molecule has 2 rings (SSSR count). The molecule has 0 bridgehead atoms. The molecule has 12 heteroatoms. The van der Waals surface area contributed by atoms with Gasteiger partial charge in [0.05, 0.1) is 12.7 Å². The van der Waals surface area contributed by atoms with Crippen LogP contribution in [0.15, 0.2) is 23.1 Å². The van der Waals surface area contributed by atoms with Crippen molar-refractivity contribution in [3.05, 3.63) is 23.8 Å². The molecule has 0 saturated carbocycles. The topological polar surface area (TPSA) is 102 Å². The van der Waals surface area contributed by atoms with Gasteiger partial charge < -0.3 is 14.8 Å². The quantitative estimate of drug-likeness (QED) is 0.636. The molecule has 1 amide bonds. The lowest BCUT2D eigenvalue weighted by Gasteiger charge is -2.32. The number of carbonyl (C=O) groups excluding carboxylic acids is 2. The maximum Gasteiger partial charge on any atom is 0.405 e. The number of benzene rings is 1. The zero-order valence-electron chi connectivity index (χ0n) is 16.5. The highest BCUT2D eigenvalue weighted by Crippen LogP contribution is 2.31. The van der Waals surface area contributed by atoms with E-state index >= 15 is 0 Å². The summed E-state index contributed by atoms with van der Waals surface area (Å²) in [6.07, 6.45) is -2.27. The van der Waals surface area contributed by atoms with Gasteiger partial charge in [-0.15, -0.1) is 0 Å². The highest BCUT2D eigenvalue weighted by molar-refractivity contribution is 7.89. The number of piperidine rings is 1. The largest absolute Gasteiger partial charge is 0.495 e. The van der Waals surface area contributed by atoms with E-state index in [4.69, 9.17) is 9.47 Å². The van der Waals surface area contributed by atoms with E-state index in [1.54, 1.807) is 12.2 Å². The Labute approximate surface area is 172 Å². The number of ether oxygens (including phenoxy) is 2. The highest BCUT2D eigenvalue weighted by Gasteiger charge is 2.34. The summed E-state index contributed by atoms with van der Waals surface area (Å²) in [5.41, 5.74) is -0.178. The van der Waals surface area contributed by atoms with Crippen molar-refractivity contribution in [2.24, 2.45) is 0 Å². The number of methoxy groups -OCH3 is 1. The molecular formula is C18H23F3N2O6S. The van der Waals surface area contributed by atoms with Crippen LogP contribution in [0.25, 0.3) is 0 Å². The summed E-state index contributed by atoms with van der Waals surface area (Å²) < 4.78 is 73.7. The molecule has 0 spiro atoms. The number of rotatable bonds is 7. The summed E-state index contributed by atoms with van der Waals surface area (Å²) in [7, 11) is -2.68. The smallest absolute Gasteiger partial charge is 0.405 e. The van der Waals surface area contributed by atoms with Crippen LogP contribution in [-0.4, -0.2) is 63.6 Å². The van der Waals surface area contributed by atoms with Gasteiger partial charge in [0.1, 0.15) is 17.2 Å². The number of amides is 1. The molecule has 1 fully saturated rings. The van der Waals surface area contributed by atoms with Crippen molar-refractivity contribution in [1.82, 2.24) is 9.62 Å². The van der Waals surface area contributed by atoms with Gasteiger partial charge in [-0.05, 0) is 38.0 Å². The van der Waals surface area contributed by atoms with Crippen LogP contribution in [0.4, 0.5) is 13.2 Å². The Morgan fingerprint density at radius 1 is 1.27 bits per heavy atom. The molecular weight excluding hydrogens is 429 g/mol. The van der Waals surface area contributed by atoms with Gasteiger partial charge in [-0.2, -0.15) is 17.5 Å². The molecule has 0 unspecified atom stereocenters. The van der Waals surface area contributed by atoms with Gasteiger partial charge in [-0.1, -0.05) is 6.42 Å². The maximum atomic E-state index is 13.1. The van der Waals surface area contributed by atoms with E-state index in [1.807, 2.05) is 0 Å². The fourth-order valence-electron chi connectivity index (χ4n) is 3.02. The lowest BCUT2D eigenvalue weighted by Crippen LogP contribution is -2.42. The number of sulfonamides is 1. The molecule has 8 nitrogen and oxygen atoms in total. The van der Waals surface area contributed by atoms with Gasteiger partial charge in [0.15, 0.2) is 6.61 Å². The lowest BCUT2D eigenvalue weighted by atomic mass is 10.1. The molecule has 168 valence electrons. The fourth-order valence-corrected chi connectivity index (χ4v) is 4.91. The summed E-state index contributed by atoms with van der Waals surface area (Å²) >= 11 is 0. The van der Waals surface area contributed by atoms with Crippen LogP contribution in [0.3, 0.4) is 0 Å². The third-order valence-corrected chi connectivity index (χ3v) is 6.58. The average Bonchev–Trinajstić information content (AvgIpc) is 2.69. The van der Waals surface area contributed by atoms with Gasteiger partial charge in [0.2, 0.25) is 10.0 Å². The fraction of sp³-hybridized carbons (Fsp3) is 0.556. The van der Waals surface area contributed by atoms with Crippen molar-refractivity contribution >= 4 is 21.9 Å². The monoisotopic (exact) mass is 452 g/mol. The Balaban J connectivity index is 2.17. The predicted octanol–water partition coefficient (Wildman–Crippen LogP) is 2.09. The molecule has 1 heterocycles. The Morgan fingerprint density at radius 2 is 1.97 bits per heavy atom. The van der Waals surface area contributed by atoms with Crippen LogP contribution in [0.2, 0.25) is 0 Å². The number of nitrogens with one attached hydrogen (secondary N) is 1. The van der Waals surface area contributed by atoms with Crippen molar-refractivity contribution in [2.45, 2.75) is 43.3 Å². The van der Waals surface area contributed by atoms with Gasteiger partial charge in [-0.25, -0.2) is 13.2 Å². The van der Waals surface area contributed by atoms with E-state index in [2.05, 4.69) is 0 Å². The normalized spacial score (nSPS) is 18.0. The molecule has 1 aromatic carbocycles.